The van der Waals surface area contributed by atoms with Crippen LogP contribution < -0.4 is 5.32 Å². The number of amides is 1. The number of aliphatic hydroxyl groups is 1. The van der Waals surface area contributed by atoms with Gasteiger partial charge in [0.05, 0.1) is 5.56 Å². The second-order valence-electron chi connectivity index (χ2n) is 4.49. The fourth-order valence-electron chi connectivity index (χ4n) is 1.81. The van der Waals surface area contributed by atoms with Crippen LogP contribution in [0.4, 0.5) is 0 Å². The summed E-state index contributed by atoms with van der Waals surface area (Å²) in [5.74, 6) is 5.31. The smallest absolute Gasteiger partial charge is 0.253 e. The van der Waals surface area contributed by atoms with E-state index in [1.165, 1.54) is 0 Å². The molecule has 2 aromatic rings. The van der Waals surface area contributed by atoms with Crippen LogP contribution in [-0.2, 0) is 6.54 Å². The van der Waals surface area contributed by atoms with Crippen LogP contribution in [0.5, 0.6) is 0 Å². The van der Waals surface area contributed by atoms with E-state index in [-0.39, 0.29) is 12.5 Å². The van der Waals surface area contributed by atoms with Gasteiger partial charge in [-0.15, -0.1) is 0 Å². The molecule has 0 bridgehead atoms. The standard InChI is InChI=1S/C17H16N2O2/c1-13-8-9-16(12-18-13)17(21)19-11-15-6-3-2-5-14(15)7-4-10-20/h2-3,5-6,8-9,12,20H,10-11H2,1H3,(H,19,21). The van der Waals surface area contributed by atoms with Gasteiger partial charge in [0, 0.05) is 24.0 Å². The van der Waals surface area contributed by atoms with Crippen LogP contribution in [0.15, 0.2) is 42.6 Å². The number of carbonyl (C=O) groups excluding carboxylic acids is 1. The fraction of sp³-hybridized carbons (Fsp3) is 0.176. The lowest BCUT2D eigenvalue weighted by Crippen LogP contribution is -2.23. The average Bonchev–Trinajstić information content (AvgIpc) is 2.52. The summed E-state index contributed by atoms with van der Waals surface area (Å²) in [6.45, 7) is 2.07. The van der Waals surface area contributed by atoms with Gasteiger partial charge in [0.25, 0.3) is 5.91 Å². The van der Waals surface area contributed by atoms with Gasteiger partial charge in [0.15, 0.2) is 0 Å². The molecule has 2 N–H and O–H groups in total. The van der Waals surface area contributed by atoms with Crippen LogP contribution in [0.1, 0.15) is 27.2 Å². The van der Waals surface area contributed by atoms with Gasteiger partial charge < -0.3 is 10.4 Å². The lowest BCUT2D eigenvalue weighted by Gasteiger charge is -2.07. The maximum Gasteiger partial charge on any atom is 0.253 e. The molecule has 106 valence electrons. The minimum absolute atomic E-state index is 0.174. The Hall–Kier alpha value is -2.64. The SMILES string of the molecule is Cc1ccc(C(=O)NCc2ccccc2C#CCO)cn1. The zero-order valence-electron chi connectivity index (χ0n) is 11.8. The van der Waals surface area contributed by atoms with E-state index in [4.69, 9.17) is 5.11 Å². The summed E-state index contributed by atoms with van der Waals surface area (Å²) >= 11 is 0. The number of aryl methyl sites for hydroxylation is 1. The Morgan fingerprint density at radius 1 is 1.29 bits per heavy atom. The lowest BCUT2D eigenvalue weighted by atomic mass is 10.1. The van der Waals surface area contributed by atoms with Crippen LogP contribution in [0.3, 0.4) is 0 Å². The molecule has 0 aliphatic rings. The first-order valence-corrected chi connectivity index (χ1v) is 6.59. The average molecular weight is 280 g/mol. The highest BCUT2D eigenvalue weighted by atomic mass is 16.2. The van der Waals surface area contributed by atoms with Gasteiger partial charge in [-0.25, -0.2) is 0 Å². The highest BCUT2D eigenvalue weighted by Crippen LogP contribution is 2.07. The quantitative estimate of drug-likeness (QED) is 0.841. The summed E-state index contributed by atoms with van der Waals surface area (Å²) in [5, 5.41) is 11.6. The first kappa shape index (κ1) is 14.8. The third-order valence-electron chi connectivity index (χ3n) is 2.93. The number of pyridine rings is 1. The summed E-state index contributed by atoms with van der Waals surface area (Å²) in [7, 11) is 0. The Morgan fingerprint density at radius 2 is 2.10 bits per heavy atom. The molecule has 0 radical (unpaired) electrons. The first-order chi connectivity index (χ1) is 10.2. The van der Waals surface area contributed by atoms with Crippen LogP contribution in [0.25, 0.3) is 0 Å². The van der Waals surface area contributed by atoms with Crippen molar-refractivity contribution >= 4 is 5.91 Å². The number of hydrogen-bond donors (Lipinski definition) is 2. The summed E-state index contributed by atoms with van der Waals surface area (Å²) in [6, 6.07) is 11.1. The van der Waals surface area contributed by atoms with Gasteiger partial charge in [0.1, 0.15) is 6.61 Å². The van der Waals surface area contributed by atoms with E-state index in [0.29, 0.717) is 12.1 Å². The number of nitrogens with zero attached hydrogens (tertiary/aromatic N) is 1. The minimum atomic E-state index is -0.185. The van der Waals surface area contributed by atoms with Crippen molar-refractivity contribution in [3.63, 3.8) is 0 Å². The number of rotatable bonds is 3. The maximum absolute atomic E-state index is 12.0. The molecule has 0 aliphatic carbocycles. The number of nitrogens with one attached hydrogen (secondary N) is 1. The van der Waals surface area contributed by atoms with Gasteiger partial charge in [-0.2, -0.15) is 0 Å². The zero-order chi connectivity index (χ0) is 15.1. The molecule has 1 aromatic heterocycles. The molecule has 1 aromatic carbocycles. The number of carbonyl (C=O) groups is 1. The third-order valence-corrected chi connectivity index (χ3v) is 2.93. The van der Waals surface area contributed by atoms with E-state index >= 15 is 0 Å². The molecule has 0 fully saturated rings. The summed E-state index contributed by atoms with van der Waals surface area (Å²) in [5.41, 5.74) is 3.11. The molecular formula is C17H16N2O2. The van der Waals surface area contributed by atoms with E-state index in [0.717, 1.165) is 16.8 Å². The number of hydrogen-bond acceptors (Lipinski definition) is 3. The van der Waals surface area contributed by atoms with Crippen molar-refractivity contribution in [1.29, 1.82) is 0 Å². The molecule has 0 saturated carbocycles. The number of aromatic nitrogens is 1. The van der Waals surface area contributed by atoms with E-state index in [2.05, 4.69) is 22.1 Å². The summed E-state index contributed by atoms with van der Waals surface area (Å²) < 4.78 is 0. The molecule has 0 unspecified atom stereocenters. The van der Waals surface area contributed by atoms with Gasteiger partial charge >= 0.3 is 0 Å². The Kier molecular flexibility index (Phi) is 5.08. The van der Waals surface area contributed by atoms with Crippen molar-refractivity contribution in [2.45, 2.75) is 13.5 Å². The number of benzene rings is 1. The third kappa shape index (κ3) is 4.16. The summed E-state index contributed by atoms with van der Waals surface area (Å²) in [4.78, 5) is 16.1. The Balaban J connectivity index is 2.06. The van der Waals surface area contributed by atoms with E-state index in [1.807, 2.05) is 31.2 Å². The van der Waals surface area contributed by atoms with Gasteiger partial charge in [-0.1, -0.05) is 30.0 Å². The molecule has 1 heterocycles. The molecule has 1 amide bonds. The molecule has 4 heteroatoms. The Labute approximate surface area is 123 Å². The molecule has 0 atom stereocenters. The van der Waals surface area contributed by atoms with Crippen molar-refractivity contribution in [3.05, 3.63) is 65.0 Å². The van der Waals surface area contributed by atoms with Crippen molar-refractivity contribution in [2.24, 2.45) is 0 Å². The highest BCUT2D eigenvalue weighted by Gasteiger charge is 2.06. The molecule has 0 saturated heterocycles. The van der Waals surface area contributed by atoms with E-state index in [9.17, 15) is 4.79 Å². The monoisotopic (exact) mass is 280 g/mol. The van der Waals surface area contributed by atoms with Gasteiger partial charge in [-0.3, -0.25) is 9.78 Å². The minimum Gasteiger partial charge on any atom is -0.384 e. The van der Waals surface area contributed by atoms with Gasteiger partial charge in [0.2, 0.25) is 0 Å². The van der Waals surface area contributed by atoms with E-state index < -0.39 is 0 Å². The second-order valence-corrected chi connectivity index (χ2v) is 4.49. The van der Waals surface area contributed by atoms with Crippen LogP contribution in [-0.4, -0.2) is 22.6 Å². The van der Waals surface area contributed by atoms with Crippen LogP contribution >= 0.6 is 0 Å². The van der Waals surface area contributed by atoms with Crippen molar-refractivity contribution < 1.29 is 9.90 Å². The Bertz CT molecular complexity index is 682. The summed E-state index contributed by atoms with van der Waals surface area (Å²) in [6.07, 6.45) is 1.56. The first-order valence-electron chi connectivity index (χ1n) is 6.59. The van der Waals surface area contributed by atoms with Crippen molar-refractivity contribution in [2.75, 3.05) is 6.61 Å². The lowest BCUT2D eigenvalue weighted by molar-refractivity contribution is 0.0950. The predicted octanol–water partition coefficient (Wildman–Crippen LogP) is 1.66. The molecule has 2 rings (SSSR count). The molecule has 0 aliphatic heterocycles. The van der Waals surface area contributed by atoms with Crippen LogP contribution in [0.2, 0.25) is 0 Å². The van der Waals surface area contributed by atoms with Gasteiger partial charge in [-0.05, 0) is 30.7 Å². The van der Waals surface area contributed by atoms with Crippen LogP contribution in [0, 0.1) is 18.8 Å². The molecule has 21 heavy (non-hydrogen) atoms. The molecule has 0 spiro atoms. The second kappa shape index (κ2) is 7.22. The normalized spacial score (nSPS) is 9.62. The predicted molar refractivity (Wildman–Crippen MR) is 80.6 cm³/mol. The van der Waals surface area contributed by atoms with E-state index in [1.54, 1.807) is 18.3 Å². The zero-order valence-corrected chi connectivity index (χ0v) is 11.8. The topological polar surface area (TPSA) is 62.2 Å². The fourth-order valence-corrected chi connectivity index (χ4v) is 1.81. The molecular weight excluding hydrogens is 264 g/mol. The van der Waals surface area contributed by atoms with Crippen molar-refractivity contribution in [3.8, 4) is 11.8 Å². The number of aliphatic hydroxyl groups excluding tert-OH is 1. The molecule has 4 nitrogen and oxygen atoms in total. The Morgan fingerprint density at radius 3 is 2.81 bits per heavy atom. The maximum atomic E-state index is 12.0. The largest absolute Gasteiger partial charge is 0.384 e. The highest BCUT2D eigenvalue weighted by molar-refractivity contribution is 5.93. The van der Waals surface area contributed by atoms with Crippen molar-refractivity contribution in [1.82, 2.24) is 10.3 Å².